The molecule has 0 atom stereocenters. The summed E-state index contributed by atoms with van der Waals surface area (Å²) in [6, 6.07) is 74.0. The smallest absolute Gasteiger partial charge is 0.0467 e. The van der Waals surface area contributed by atoms with Gasteiger partial charge in [-0.2, -0.15) is 0 Å². The molecule has 0 aliphatic heterocycles. The fourth-order valence-electron chi connectivity index (χ4n) is 9.46. The van der Waals surface area contributed by atoms with Gasteiger partial charge < -0.3 is 4.90 Å². The van der Waals surface area contributed by atoms with Gasteiger partial charge in [-0.15, -0.1) is 0 Å². The summed E-state index contributed by atoms with van der Waals surface area (Å²) in [5.74, 6) is 0. The third-order valence-corrected chi connectivity index (χ3v) is 12.2. The average Bonchev–Trinajstić information content (AvgIpc) is 3.49. The van der Waals surface area contributed by atoms with E-state index in [1.54, 1.807) is 0 Å². The molecule has 0 bridgehead atoms. The molecule has 10 aromatic carbocycles. The third-order valence-electron chi connectivity index (χ3n) is 12.2. The highest BCUT2D eigenvalue weighted by Gasteiger charge is 2.35. The average molecular weight is 714 g/mol. The van der Waals surface area contributed by atoms with Crippen molar-refractivity contribution in [1.29, 1.82) is 0 Å². The predicted octanol–water partition coefficient (Wildman–Crippen LogP) is 15.4. The van der Waals surface area contributed by atoms with Gasteiger partial charge in [0.15, 0.2) is 0 Å². The summed E-state index contributed by atoms with van der Waals surface area (Å²) >= 11 is 0. The van der Waals surface area contributed by atoms with Gasteiger partial charge in [-0.3, -0.25) is 0 Å². The number of fused-ring (bicyclic) bond motifs is 10. The van der Waals surface area contributed by atoms with Crippen molar-refractivity contribution in [3.05, 3.63) is 211 Å². The molecule has 0 fully saturated rings. The van der Waals surface area contributed by atoms with Gasteiger partial charge in [0.1, 0.15) is 0 Å². The molecule has 0 saturated heterocycles. The molecule has 1 nitrogen and oxygen atoms in total. The summed E-state index contributed by atoms with van der Waals surface area (Å²) in [7, 11) is 0. The molecule has 0 heterocycles. The molecule has 0 unspecified atom stereocenters. The summed E-state index contributed by atoms with van der Waals surface area (Å²) in [6.07, 6.45) is 0. The van der Waals surface area contributed by atoms with Gasteiger partial charge in [0.05, 0.1) is 0 Å². The lowest BCUT2D eigenvalue weighted by Gasteiger charge is -2.28. The SMILES string of the molecule is CC1(C)c2ccccc2-c2ccc(N(c3ccc(-c4ccc5c6ccccc6c6ccccc6c5c4)cc3)c3cccc(-c4cccc5ccccc45)c3)cc21. The fourth-order valence-corrected chi connectivity index (χ4v) is 9.46. The van der Waals surface area contributed by atoms with Crippen molar-refractivity contribution in [3.63, 3.8) is 0 Å². The van der Waals surface area contributed by atoms with Crippen LogP contribution in [0.4, 0.5) is 17.1 Å². The molecular weight excluding hydrogens is 675 g/mol. The molecule has 0 radical (unpaired) electrons. The fraction of sp³-hybridized carbons (Fsp3) is 0.0545. The highest BCUT2D eigenvalue weighted by molar-refractivity contribution is 6.25. The van der Waals surface area contributed by atoms with Crippen molar-refractivity contribution < 1.29 is 0 Å². The van der Waals surface area contributed by atoms with Crippen LogP contribution in [0.5, 0.6) is 0 Å². The lowest BCUT2D eigenvalue weighted by Crippen LogP contribution is -2.16. The van der Waals surface area contributed by atoms with Crippen molar-refractivity contribution >= 4 is 60.2 Å². The Labute approximate surface area is 327 Å². The number of hydrogen-bond acceptors (Lipinski definition) is 1. The van der Waals surface area contributed by atoms with E-state index in [2.05, 4.69) is 219 Å². The lowest BCUT2D eigenvalue weighted by atomic mass is 9.82. The van der Waals surface area contributed by atoms with Crippen molar-refractivity contribution in [1.82, 2.24) is 0 Å². The lowest BCUT2D eigenvalue weighted by molar-refractivity contribution is 0.660. The third kappa shape index (κ3) is 5.01. The maximum absolute atomic E-state index is 2.43. The Hall–Kier alpha value is -6.96. The second-order valence-corrected chi connectivity index (χ2v) is 15.7. The second-order valence-electron chi connectivity index (χ2n) is 15.7. The van der Waals surface area contributed by atoms with E-state index in [4.69, 9.17) is 0 Å². The van der Waals surface area contributed by atoms with E-state index < -0.39 is 0 Å². The zero-order valence-corrected chi connectivity index (χ0v) is 31.5. The van der Waals surface area contributed by atoms with Gasteiger partial charge in [-0.05, 0) is 130 Å². The molecular formula is C55H39N. The van der Waals surface area contributed by atoms with Crippen LogP contribution in [0.3, 0.4) is 0 Å². The van der Waals surface area contributed by atoms with Gasteiger partial charge in [-0.25, -0.2) is 0 Å². The van der Waals surface area contributed by atoms with Crippen LogP contribution in [0.15, 0.2) is 200 Å². The number of hydrogen-bond donors (Lipinski definition) is 0. The van der Waals surface area contributed by atoms with Crippen LogP contribution in [0, 0.1) is 0 Å². The molecule has 0 saturated carbocycles. The molecule has 1 aliphatic carbocycles. The Morgan fingerprint density at radius 2 is 0.839 bits per heavy atom. The van der Waals surface area contributed by atoms with Gasteiger partial charge in [0, 0.05) is 22.5 Å². The number of rotatable bonds is 5. The number of benzene rings is 10. The maximum atomic E-state index is 2.43. The van der Waals surface area contributed by atoms with Crippen LogP contribution >= 0.6 is 0 Å². The van der Waals surface area contributed by atoms with Crippen LogP contribution in [0.25, 0.3) is 76.5 Å². The zero-order chi connectivity index (χ0) is 37.4. The minimum atomic E-state index is -0.103. The van der Waals surface area contributed by atoms with E-state index >= 15 is 0 Å². The van der Waals surface area contributed by atoms with Gasteiger partial charge in [0.25, 0.3) is 0 Å². The standard InChI is InChI=1S/C55H39N/c1-55(2)53-24-10-9-22-50(53)51-32-30-42(35-54(51)55)56(41-16-11-15-39(33-41)44-23-12-14-37-13-3-4-17-43(37)44)40-28-25-36(26-29-40)38-27-31-49-47-20-6-5-18-45(47)46-19-7-8-21-48(46)52(49)34-38/h3-35H,1-2H3. The summed E-state index contributed by atoms with van der Waals surface area (Å²) in [5.41, 5.74) is 13.5. The first-order valence-corrected chi connectivity index (χ1v) is 19.6. The van der Waals surface area contributed by atoms with Crippen molar-refractivity contribution in [2.24, 2.45) is 0 Å². The minimum absolute atomic E-state index is 0.103. The van der Waals surface area contributed by atoms with Gasteiger partial charge in [0.2, 0.25) is 0 Å². The highest BCUT2D eigenvalue weighted by atomic mass is 15.1. The van der Waals surface area contributed by atoms with Gasteiger partial charge in [-0.1, -0.05) is 172 Å². The molecule has 0 amide bonds. The molecule has 0 aromatic heterocycles. The quantitative estimate of drug-likeness (QED) is 0.161. The molecule has 1 aliphatic rings. The van der Waals surface area contributed by atoms with E-state index in [1.165, 1.54) is 87.6 Å². The zero-order valence-electron chi connectivity index (χ0n) is 31.5. The summed E-state index contributed by atoms with van der Waals surface area (Å²) in [6.45, 7) is 4.72. The predicted molar refractivity (Wildman–Crippen MR) is 240 cm³/mol. The molecule has 0 spiro atoms. The van der Waals surface area contributed by atoms with E-state index in [0.29, 0.717) is 0 Å². The maximum Gasteiger partial charge on any atom is 0.0467 e. The number of nitrogens with zero attached hydrogens (tertiary/aromatic N) is 1. The normalized spacial score (nSPS) is 13.0. The molecule has 56 heavy (non-hydrogen) atoms. The van der Waals surface area contributed by atoms with Crippen LogP contribution in [0.1, 0.15) is 25.0 Å². The molecule has 10 aromatic rings. The van der Waals surface area contributed by atoms with Gasteiger partial charge >= 0.3 is 0 Å². The summed E-state index contributed by atoms with van der Waals surface area (Å²) in [4.78, 5) is 2.43. The number of anilines is 3. The van der Waals surface area contributed by atoms with Crippen LogP contribution < -0.4 is 4.90 Å². The Kier molecular flexibility index (Phi) is 7.28. The van der Waals surface area contributed by atoms with Crippen LogP contribution in [-0.4, -0.2) is 0 Å². The molecule has 11 rings (SSSR count). The monoisotopic (exact) mass is 713 g/mol. The first kappa shape index (κ1) is 32.5. The Morgan fingerprint density at radius 3 is 1.61 bits per heavy atom. The first-order chi connectivity index (χ1) is 27.5. The minimum Gasteiger partial charge on any atom is -0.310 e. The summed E-state index contributed by atoms with van der Waals surface area (Å²) in [5, 5.41) is 10.3. The molecule has 264 valence electrons. The van der Waals surface area contributed by atoms with E-state index in [-0.39, 0.29) is 5.41 Å². The van der Waals surface area contributed by atoms with E-state index in [0.717, 1.165) is 17.1 Å². The molecule has 0 N–H and O–H groups in total. The first-order valence-electron chi connectivity index (χ1n) is 19.6. The largest absolute Gasteiger partial charge is 0.310 e. The second kappa shape index (κ2) is 12.5. The Morgan fingerprint density at radius 1 is 0.304 bits per heavy atom. The molecule has 1 heteroatoms. The Bertz CT molecular complexity index is 3130. The Balaban J connectivity index is 1.06. The van der Waals surface area contributed by atoms with Crippen molar-refractivity contribution in [2.75, 3.05) is 4.90 Å². The van der Waals surface area contributed by atoms with E-state index in [1.807, 2.05) is 0 Å². The summed E-state index contributed by atoms with van der Waals surface area (Å²) < 4.78 is 0. The van der Waals surface area contributed by atoms with Crippen molar-refractivity contribution in [3.8, 4) is 33.4 Å². The topological polar surface area (TPSA) is 3.24 Å². The van der Waals surface area contributed by atoms with Crippen LogP contribution in [0.2, 0.25) is 0 Å². The van der Waals surface area contributed by atoms with Crippen LogP contribution in [-0.2, 0) is 5.41 Å². The van der Waals surface area contributed by atoms with E-state index in [9.17, 15) is 0 Å². The highest BCUT2D eigenvalue weighted by Crippen LogP contribution is 2.51. The van der Waals surface area contributed by atoms with Crippen molar-refractivity contribution in [2.45, 2.75) is 19.3 Å².